The van der Waals surface area contributed by atoms with Gasteiger partial charge in [-0.15, -0.1) is 0 Å². The van der Waals surface area contributed by atoms with Gasteiger partial charge in [0.1, 0.15) is 10.5 Å². The molecule has 0 amide bonds. The summed E-state index contributed by atoms with van der Waals surface area (Å²) in [6.45, 7) is 0. The Hall–Kier alpha value is -1.75. The van der Waals surface area contributed by atoms with E-state index in [-0.39, 0.29) is 0 Å². The van der Waals surface area contributed by atoms with E-state index >= 15 is 0 Å². The molecule has 2 aromatic rings. The molecule has 0 atom stereocenters. The standard InChI is InChI=1S/C14H15N3OS/c1-18-13-5-2-9(8-15-13)6-12-16-11(10-3-4-10)7-14(19)17-12/h2,5,7-8,10H,3-4,6H2,1H3,(H,16,17,19). The van der Waals surface area contributed by atoms with Crippen molar-refractivity contribution < 1.29 is 4.74 Å². The molecule has 0 aromatic carbocycles. The van der Waals surface area contributed by atoms with E-state index in [0.717, 1.165) is 11.4 Å². The fourth-order valence-electron chi connectivity index (χ4n) is 2.06. The average Bonchev–Trinajstić information content (AvgIpc) is 3.23. The molecule has 19 heavy (non-hydrogen) atoms. The summed E-state index contributed by atoms with van der Waals surface area (Å²) >= 11 is 5.22. The summed E-state index contributed by atoms with van der Waals surface area (Å²) in [6.07, 6.45) is 5.01. The molecule has 0 spiro atoms. The van der Waals surface area contributed by atoms with Crippen molar-refractivity contribution in [3.8, 4) is 5.88 Å². The fraction of sp³-hybridized carbons (Fsp3) is 0.357. The third kappa shape index (κ3) is 2.98. The van der Waals surface area contributed by atoms with Gasteiger partial charge in [0.15, 0.2) is 0 Å². The molecule has 1 aliphatic rings. The molecular weight excluding hydrogens is 258 g/mol. The smallest absolute Gasteiger partial charge is 0.212 e. The van der Waals surface area contributed by atoms with Gasteiger partial charge >= 0.3 is 0 Å². The summed E-state index contributed by atoms with van der Waals surface area (Å²) in [5.41, 5.74) is 2.31. The number of pyridine rings is 1. The molecule has 1 N–H and O–H groups in total. The number of ether oxygens (including phenoxy) is 1. The van der Waals surface area contributed by atoms with Crippen molar-refractivity contribution in [2.24, 2.45) is 0 Å². The summed E-state index contributed by atoms with van der Waals surface area (Å²) in [4.78, 5) is 12.0. The molecule has 2 heterocycles. The van der Waals surface area contributed by atoms with Gasteiger partial charge in [-0.05, 0) is 30.4 Å². The lowest BCUT2D eigenvalue weighted by Gasteiger charge is -2.05. The zero-order valence-electron chi connectivity index (χ0n) is 10.7. The van der Waals surface area contributed by atoms with Crippen LogP contribution in [0.2, 0.25) is 0 Å². The van der Waals surface area contributed by atoms with Crippen LogP contribution in [0.4, 0.5) is 0 Å². The van der Waals surface area contributed by atoms with Crippen LogP contribution in [-0.2, 0) is 6.42 Å². The number of aromatic nitrogens is 3. The first kappa shape index (κ1) is 12.3. The molecule has 0 aliphatic heterocycles. The highest BCUT2D eigenvalue weighted by Crippen LogP contribution is 2.38. The SMILES string of the molecule is COc1ccc(Cc2nc(=S)cc(C3CC3)[nH]2)cn1. The summed E-state index contributed by atoms with van der Waals surface area (Å²) in [6, 6.07) is 5.83. The zero-order chi connectivity index (χ0) is 13.2. The third-order valence-corrected chi connectivity index (χ3v) is 3.42. The van der Waals surface area contributed by atoms with Crippen LogP contribution >= 0.6 is 12.2 Å². The minimum absolute atomic E-state index is 0.622. The number of aromatic amines is 1. The average molecular weight is 273 g/mol. The second-order valence-corrected chi connectivity index (χ2v) is 5.20. The summed E-state index contributed by atoms with van der Waals surface area (Å²) < 4.78 is 5.71. The normalized spacial score (nSPS) is 14.4. The predicted octanol–water partition coefficient (Wildman–Crippen LogP) is 3.01. The summed E-state index contributed by atoms with van der Waals surface area (Å²) in [5, 5.41) is 0. The Labute approximate surface area is 116 Å². The lowest BCUT2D eigenvalue weighted by Crippen LogP contribution is -2.00. The van der Waals surface area contributed by atoms with Crippen molar-refractivity contribution >= 4 is 12.2 Å². The van der Waals surface area contributed by atoms with Crippen LogP contribution in [-0.4, -0.2) is 22.1 Å². The third-order valence-electron chi connectivity index (χ3n) is 3.21. The van der Waals surface area contributed by atoms with Gasteiger partial charge < -0.3 is 9.72 Å². The highest BCUT2D eigenvalue weighted by atomic mass is 32.1. The number of H-pyrrole nitrogens is 1. The van der Waals surface area contributed by atoms with Crippen LogP contribution in [0.3, 0.4) is 0 Å². The molecule has 3 rings (SSSR count). The Bertz CT molecular complexity index is 632. The molecule has 0 unspecified atom stereocenters. The van der Waals surface area contributed by atoms with Crippen LogP contribution in [0.1, 0.15) is 35.8 Å². The van der Waals surface area contributed by atoms with E-state index in [1.807, 2.05) is 18.2 Å². The van der Waals surface area contributed by atoms with Gasteiger partial charge in [0.2, 0.25) is 5.88 Å². The first-order valence-electron chi connectivity index (χ1n) is 6.33. The van der Waals surface area contributed by atoms with Crippen molar-refractivity contribution in [3.63, 3.8) is 0 Å². The highest BCUT2D eigenvalue weighted by Gasteiger charge is 2.24. The van der Waals surface area contributed by atoms with Gasteiger partial charge in [0.05, 0.1) is 7.11 Å². The number of methoxy groups -OCH3 is 1. The summed E-state index contributed by atoms with van der Waals surface area (Å²) in [7, 11) is 1.61. The van der Waals surface area contributed by atoms with Crippen LogP contribution in [0.25, 0.3) is 0 Å². The van der Waals surface area contributed by atoms with Gasteiger partial charge in [0.25, 0.3) is 0 Å². The van der Waals surface area contributed by atoms with Gasteiger partial charge in [-0.25, -0.2) is 9.97 Å². The monoisotopic (exact) mass is 273 g/mol. The largest absolute Gasteiger partial charge is 0.481 e. The molecule has 0 saturated heterocycles. The quantitative estimate of drug-likeness (QED) is 0.870. The Kier molecular flexibility index (Phi) is 3.29. The first-order valence-corrected chi connectivity index (χ1v) is 6.74. The second kappa shape index (κ2) is 5.09. The Morgan fingerprint density at radius 3 is 2.89 bits per heavy atom. The maximum absolute atomic E-state index is 5.22. The van der Waals surface area contributed by atoms with Crippen LogP contribution in [0, 0.1) is 4.64 Å². The molecule has 1 aliphatic carbocycles. The minimum atomic E-state index is 0.622. The Morgan fingerprint density at radius 1 is 1.42 bits per heavy atom. The predicted molar refractivity (Wildman–Crippen MR) is 75.0 cm³/mol. The molecule has 98 valence electrons. The van der Waals surface area contributed by atoms with Gasteiger partial charge in [-0.3, -0.25) is 0 Å². The minimum Gasteiger partial charge on any atom is -0.481 e. The zero-order valence-corrected chi connectivity index (χ0v) is 11.5. The van der Waals surface area contributed by atoms with E-state index < -0.39 is 0 Å². The molecular formula is C14H15N3OS. The Balaban J connectivity index is 1.83. The first-order chi connectivity index (χ1) is 9.24. The van der Waals surface area contributed by atoms with E-state index in [1.54, 1.807) is 13.3 Å². The number of hydrogen-bond acceptors (Lipinski definition) is 4. The molecule has 1 fully saturated rings. The van der Waals surface area contributed by atoms with E-state index in [0.29, 0.717) is 22.9 Å². The van der Waals surface area contributed by atoms with Gasteiger partial charge in [-0.1, -0.05) is 18.3 Å². The summed E-state index contributed by atoms with van der Waals surface area (Å²) in [5.74, 6) is 2.18. The molecule has 1 saturated carbocycles. The lowest BCUT2D eigenvalue weighted by atomic mass is 10.2. The van der Waals surface area contributed by atoms with Crippen LogP contribution in [0.15, 0.2) is 24.4 Å². The van der Waals surface area contributed by atoms with Crippen molar-refractivity contribution in [2.45, 2.75) is 25.2 Å². The van der Waals surface area contributed by atoms with Gasteiger partial charge in [0, 0.05) is 24.4 Å². The molecule has 4 nitrogen and oxygen atoms in total. The van der Waals surface area contributed by atoms with E-state index in [4.69, 9.17) is 17.0 Å². The molecule has 5 heteroatoms. The number of rotatable bonds is 4. The van der Waals surface area contributed by atoms with Crippen LogP contribution in [0.5, 0.6) is 5.88 Å². The van der Waals surface area contributed by atoms with Crippen molar-refractivity contribution in [1.82, 2.24) is 15.0 Å². The van der Waals surface area contributed by atoms with Crippen molar-refractivity contribution in [1.29, 1.82) is 0 Å². The maximum Gasteiger partial charge on any atom is 0.212 e. The van der Waals surface area contributed by atoms with Crippen LogP contribution < -0.4 is 4.74 Å². The van der Waals surface area contributed by atoms with E-state index in [1.165, 1.54) is 18.5 Å². The fourth-order valence-corrected chi connectivity index (χ4v) is 2.29. The molecule has 2 aromatic heterocycles. The van der Waals surface area contributed by atoms with Crippen molar-refractivity contribution in [3.05, 3.63) is 46.1 Å². The topological polar surface area (TPSA) is 50.8 Å². The number of nitrogens with zero attached hydrogens (tertiary/aromatic N) is 2. The maximum atomic E-state index is 5.22. The Morgan fingerprint density at radius 2 is 2.26 bits per heavy atom. The van der Waals surface area contributed by atoms with E-state index in [9.17, 15) is 0 Å². The highest BCUT2D eigenvalue weighted by molar-refractivity contribution is 7.71. The second-order valence-electron chi connectivity index (χ2n) is 4.78. The number of nitrogens with one attached hydrogen (secondary N) is 1. The van der Waals surface area contributed by atoms with Gasteiger partial charge in [-0.2, -0.15) is 0 Å². The van der Waals surface area contributed by atoms with Crippen molar-refractivity contribution in [2.75, 3.05) is 7.11 Å². The van der Waals surface area contributed by atoms with E-state index in [2.05, 4.69) is 15.0 Å². The molecule has 0 bridgehead atoms. The molecule has 0 radical (unpaired) electrons. The lowest BCUT2D eigenvalue weighted by molar-refractivity contribution is 0.397. The number of hydrogen-bond donors (Lipinski definition) is 1.